The highest BCUT2D eigenvalue weighted by Crippen LogP contribution is 2.46. The van der Waals surface area contributed by atoms with Gasteiger partial charge in [0.2, 0.25) is 6.79 Å². The Labute approximate surface area is 206 Å². The zero-order chi connectivity index (χ0) is 25.3. The van der Waals surface area contributed by atoms with Crippen LogP contribution in [0.15, 0.2) is 42.6 Å². The third-order valence-corrected chi connectivity index (χ3v) is 5.88. The monoisotopic (exact) mass is 476 g/mol. The first kappa shape index (κ1) is 24.4. The molecule has 0 N–H and O–H groups in total. The van der Waals surface area contributed by atoms with Gasteiger partial charge in [-0.05, 0) is 58.7 Å². The Morgan fingerprint density at radius 1 is 1.06 bits per heavy atom. The molecule has 0 radical (unpaired) electrons. The standard InChI is InChI=1S/C28H32N2O5/c1-17-10-8-9-11-21(17)22-12-20(13-24-26(22)34-16-33-24)30(27(31)35-28(4,5)6)15-23-19(3)25(32-7)18(2)14-29-23/h8-14H,15-16H2,1-7H3. The molecular weight excluding hydrogens is 444 g/mol. The first-order chi connectivity index (χ1) is 16.6. The molecule has 1 amide bonds. The van der Waals surface area contributed by atoms with Gasteiger partial charge in [-0.2, -0.15) is 0 Å². The van der Waals surface area contributed by atoms with E-state index in [4.69, 9.17) is 18.9 Å². The molecule has 0 aliphatic carbocycles. The van der Waals surface area contributed by atoms with Crippen molar-refractivity contribution >= 4 is 11.8 Å². The van der Waals surface area contributed by atoms with Crippen molar-refractivity contribution in [2.45, 2.75) is 53.7 Å². The fourth-order valence-corrected chi connectivity index (χ4v) is 4.19. The lowest BCUT2D eigenvalue weighted by Gasteiger charge is -2.28. The van der Waals surface area contributed by atoms with E-state index in [1.807, 2.05) is 77.9 Å². The minimum atomic E-state index is -0.669. The van der Waals surface area contributed by atoms with E-state index in [1.165, 1.54) is 0 Å². The van der Waals surface area contributed by atoms with E-state index in [2.05, 4.69) is 4.98 Å². The average Bonchev–Trinajstić information content (AvgIpc) is 3.26. The lowest BCUT2D eigenvalue weighted by Crippen LogP contribution is -2.37. The Balaban J connectivity index is 1.85. The van der Waals surface area contributed by atoms with E-state index in [1.54, 1.807) is 18.2 Å². The summed E-state index contributed by atoms with van der Waals surface area (Å²) in [5, 5.41) is 0. The Bertz CT molecular complexity index is 1260. The number of hydrogen-bond donors (Lipinski definition) is 0. The maximum atomic E-state index is 13.5. The Morgan fingerprint density at radius 3 is 2.49 bits per heavy atom. The molecule has 2 heterocycles. The van der Waals surface area contributed by atoms with E-state index in [9.17, 15) is 4.79 Å². The molecule has 4 rings (SSSR count). The molecule has 7 heteroatoms. The predicted octanol–water partition coefficient (Wildman–Crippen LogP) is 6.35. The van der Waals surface area contributed by atoms with Gasteiger partial charge in [-0.25, -0.2) is 4.79 Å². The normalized spacial score (nSPS) is 12.4. The van der Waals surface area contributed by atoms with Gasteiger partial charge in [-0.1, -0.05) is 24.3 Å². The Hall–Kier alpha value is -3.74. The zero-order valence-electron chi connectivity index (χ0n) is 21.4. The maximum absolute atomic E-state index is 13.5. The smallest absolute Gasteiger partial charge is 0.415 e. The van der Waals surface area contributed by atoms with Gasteiger partial charge in [0.1, 0.15) is 11.4 Å². The number of aryl methyl sites for hydroxylation is 2. The van der Waals surface area contributed by atoms with Crippen molar-refractivity contribution in [1.29, 1.82) is 0 Å². The summed E-state index contributed by atoms with van der Waals surface area (Å²) in [5.74, 6) is 2.00. The molecule has 0 fully saturated rings. The van der Waals surface area contributed by atoms with Gasteiger partial charge in [0.25, 0.3) is 0 Å². The van der Waals surface area contributed by atoms with Gasteiger partial charge in [-0.3, -0.25) is 9.88 Å². The first-order valence-electron chi connectivity index (χ1n) is 11.6. The highest BCUT2D eigenvalue weighted by atomic mass is 16.7. The topological polar surface area (TPSA) is 70.1 Å². The molecule has 184 valence electrons. The number of benzene rings is 2. The number of aromatic nitrogens is 1. The molecular formula is C28H32N2O5. The summed E-state index contributed by atoms with van der Waals surface area (Å²) in [7, 11) is 1.64. The predicted molar refractivity (Wildman–Crippen MR) is 135 cm³/mol. The molecule has 0 bridgehead atoms. The summed E-state index contributed by atoms with van der Waals surface area (Å²) in [6, 6.07) is 11.8. The summed E-state index contributed by atoms with van der Waals surface area (Å²) in [5.41, 5.74) is 5.43. The molecule has 1 aliphatic rings. The average molecular weight is 477 g/mol. The molecule has 7 nitrogen and oxygen atoms in total. The van der Waals surface area contributed by atoms with Gasteiger partial charge in [0, 0.05) is 29.0 Å². The van der Waals surface area contributed by atoms with Crippen LogP contribution in [-0.4, -0.2) is 30.6 Å². The van der Waals surface area contributed by atoms with Crippen LogP contribution < -0.4 is 19.1 Å². The van der Waals surface area contributed by atoms with Crippen LogP contribution in [-0.2, 0) is 11.3 Å². The molecule has 0 saturated heterocycles. The summed E-state index contributed by atoms with van der Waals surface area (Å²) in [4.78, 5) is 19.7. The zero-order valence-corrected chi connectivity index (χ0v) is 21.4. The largest absolute Gasteiger partial charge is 0.496 e. The fourth-order valence-electron chi connectivity index (χ4n) is 4.19. The molecule has 0 atom stereocenters. The van der Waals surface area contributed by atoms with Crippen LogP contribution in [0.3, 0.4) is 0 Å². The number of rotatable bonds is 5. The molecule has 0 unspecified atom stereocenters. The number of pyridine rings is 1. The third-order valence-electron chi connectivity index (χ3n) is 5.88. The van der Waals surface area contributed by atoms with Crippen molar-refractivity contribution in [2.24, 2.45) is 0 Å². The van der Waals surface area contributed by atoms with Gasteiger partial charge < -0.3 is 18.9 Å². The summed E-state index contributed by atoms with van der Waals surface area (Å²) < 4.78 is 22.9. The van der Waals surface area contributed by atoms with Crippen LogP contribution >= 0.6 is 0 Å². The molecule has 1 aliphatic heterocycles. The van der Waals surface area contributed by atoms with Crippen LogP contribution in [0.1, 0.15) is 43.2 Å². The minimum absolute atomic E-state index is 0.125. The van der Waals surface area contributed by atoms with E-state index < -0.39 is 11.7 Å². The van der Waals surface area contributed by atoms with E-state index in [0.29, 0.717) is 22.9 Å². The molecule has 3 aromatic rings. The molecule has 2 aromatic carbocycles. The third kappa shape index (κ3) is 5.04. The highest BCUT2D eigenvalue weighted by molar-refractivity contribution is 5.91. The second-order valence-electron chi connectivity index (χ2n) is 9.65. The number of carbonyl (C=O) groups is 1. The van der Waals surface area contributed by atoms with Crippen molar-refractivity contribution in [2.75, 3.05) is 18.8 Å². The highest BCUT2D eigenvalue weighted by Gasteiger charge is 2.29. The molecule has 0 saturated carbocycles. The number of methoxy groups -OCH3 is 1. The number of anilines is 1. The maximum Gasteiger partial charge on any atom is 0.415 e. The SMILES string of the molecule is COc1c(C)cnc(CN(C(=O)OC(C)(C)C)c2cc3c(c(-c4ccccc4C)c2)OCO3)c1C. The van der Waals surface area contributed by atoms with Crippen LogP contribution in [0.4, 0.5) is 10.5 Å². The Morgan fingerprint density at radius 2 is 1.80 bits per heavy atom. The van der Waals surface area contributed by atoms with E-state index in [0.717, 1.165) is 33.6 Å². The number of carbonyl (C=O) groups excluding carboxylic acids is 1. The van der Waals surface area contributed by atoms with Crippen LogP contribution in [0.5, 0.6) is 17.2 Å². The number of fused-ring (bicyclic) bond motifs is 1. The minimum Gasteiger partial charge on any atom is -0.496 e. The van der Waals surface area contributed by atoms with E-state index >= 15 is 0 Å². The fraction of sp³-hybridized carbons (Fsp3) is 0.357. The van der Waals surface area contributed by atoms with Crippen LogP contribution in [0, 0.1) is 20.8 Å². The van der Waals surface area contributed by atoms with Crippen molar-refractivity contribution in [3.8, 4) is 28.4 Å². The van der Waals surface area contributed by atoms with Gasteiger partial charge in [0.05, 0.1) is 25.0 Å². The second-order valence-corrected chi connectivity index (χ2v) is 9.65. The van der Waals surface area contributed by atoms with Gasteiger partial charge in [-0.15, -0.1) is 0 Å². The molecule has 35 heavy (non-hydrogen) atoms. The van der Waals surface area contributed by atoms with Crippen LogP contribution in [0.25, 0.3) is 11.1 Å². The summed E-state index contributed by atoms with van der Waals surface area (Å²) >= 11 is 0. The number of amides is 1. The second kappa shape index (κ2) is 9.49. The number of nitrogens with zero attached hydrogens (tertiary/aromatic N) is 2. The van der Waals surface area contributed by atoms with Crippen molar-refractivity contribution in [1.82, 2.24) is 4.98 Å². The van der Waals surface area contributed by atoms with Gasteiger partial charge >= 0.3 is 6.09 Å². The quantitative estimate of drug-likeness (QED) is 0.427. The van der Waals surface area contributed by atoms with E-state index in [-0.39, 0.29) is 13.3 Å². The molecule has 1 aromatic heterocycles. The van der Waals surface area contributed by atoms with Crippen molar-refractivity contribution in [3.05, 3.63) is 65.0 Å². The lowest BCUT2D eigenvalue weighted by atomic mass is 9.98. The van der Waals surface area contributed by atoms with Crippen LogP contribution in [0.2, 0.25) is 0 Å². The van der Waals surface area contributed by atoms with Crippen molar-refractivity contribution < 1.29 is 23.7 Å². The lowest BCUT2D eigenvalue weighted by molar-refractivity contribution is 0.0577. The molecule has 0 spiro atoms. The number of ether oxygens (including phenoxy) is 4. The number of hydrogen-bond acceptors (Lipinski definition) is 6. The van der Waals surface area contributed by atoms with Crippen molar-refractivity contribution in [3.63, 3.8) is 0 Å². The summed E-state index contributed by atoms with van der Waals surface area (Å²) in [6.45, 7) is 11.8. The Kier molecular flexibility index (Phi) is 6.61. The van der Waals surface area contributed by atoms with Gasteiger partial charge in [0.15, 0.2) is 11.5 Å². The first-order valence-corrected chi connectivity index (χ1v) is 11.6. The summed E-state index contributed by atoms with van der Waals surface area (Å²) in [6.07, 6.45) is 1.28.